The number of carbonyl (C=O) groups is 1. The Hall–Kier alpha value is -2.84. The van der Waals surface area contributed by atoms with Gasteiger partial charge in [0.1, 0.15) is 17.0 Å². The fourth-order valence-corrected chi connectivity index (χ4v) is 3.17. The lowest BCUT2D eigenvalue weighted by Crippen LogP contribution is -2.26. The number of non-ortho nitro benzene ring substituents is 1. The van der Waals surface area contributed by atoms with Gasteiger partial charge in [-0.2, -0.15) is 0 Å². The number of aromatic nitrogens is 2. The number of aryl methyl sites for hydroxylation is 1. The average Bonchev–Trinajstić information content (AvgIpc) is 2.93. The summed E-state index contributed by atoms with van der Waals surface area (Å²) in [6.45, 7) is 7.15. The van der Waals surface area contributed by atoms with Gasteiger partial charge in [0.2, 0.25) is 0 Å². The van der Waals surface area contributed by atoms with E-state index in [0.717, 1.165) is 17.7 Å². The van der Waals surface area contributed by atoms with Crippen LogP contribution in [0.2, 0.25) is 10.0 Å². The Morgan fingerprint density at radius 2 is 1.83 bits per heavy atom. The molecule has 0 aliphatic carbocycles. The minimum absolute atomic E-state index is 0.00709. The number of ether oxygens (including phenoxy) is 2. The van der Waals surface area contributed by atoms with Crippen molar-refractivity contribution < 1.29 is 19.2 Å². The third kappa shape index (κ3) is 4.44. The van der Waals surface area contributed by atoms with Gasteiger partial charge in [0.25, 0.3) is 5.69 Å². The fraction of sp³-hybridized carbons (Fsp3) is 0.263. The number of nitrogens with zero attached hydrogens (tertiary/aromatic N) is 3. The van der Waals surface area contributed by atoms with E-state index < -0.39 is 16.6 Å². The van der Waals surface area contributed by atoms with Crippen molar-refractivity contribution in [3.8, 4) is 11.5 Å². The Labute approximate surface area is 176 Å². The van der Waals surface area contributed by atoms with Crippen LogP contribution in [0.3, 0.4) is 0 Å². The van der Waals surface area contributed by atoms with E-state index in [1.807, 2.05) is 6.92 Å². The van der Waals surface area contributed by atoms with Crippen LogP contribution < -0.4 is 4.74 Å². The van der Waals surface area contributed by atoms with Crippen molar-refractivity contribution in [1.29, 1.82) is 0 Å². The van der Waals surface area contributed by atoms with E-state index in [1.54, 1.807) is 33.0 Å². The van der Waals surface area contributed by atoms with E-state index in [-0.39, 0.29) is 21.5 Å². The number of halogens is 2. The molecule has 0 bridgehead atoms. The van der Waals surface area contributed by atoms with Gasteiger partial charge in [0, 0.05) is 23.7 Å². The summed E-state index contributed by atoms with van der Waals surface area (Å²) >= 11 is 12.2. The maximum absolute atomic E-state index is 12.4. The third-order valence-electron chi connectivity index (χ3n) is 3.82. The zero-order valence-electron chi connectivity index (χ0n) is 16.0. The predicted molar refractivity (Wildman–Crippen MR) is 109 cm³/mol. The van der Waals surface area contributed by atoms with Crippen molar-refractivity contribution in [2.45, 2.75) is 33.3 Å². The summed E-state index contributed by atoms with van der Waals surface area (Å²) in [5.41, 5.74) is 0.300. The normalized spacial score (nSPS) is 11.5. The first-order valence-electron chi connectivity index (χ1n) is 8.48. The molecule has 1 aromatic carbocycles. The molecule has 0 aliphatic rings. The first-order valence-corrected chi connectivity index (χ1v) is 9.24. The van der Waals surface area contributed by atoms with E-state index in [2.05, 4.69) is 4.98 Å². The summed E-state index contributed by atoms with van der Waals surface area (Å²) in [5, 5.41) is 11.6. The Bertz CT molecular complexity index is 1110. The standard InChI is InChI=1S/C19H17Cl2N3O5/c1-10-9-23(18(25)29-19(2,3)4)17-13(10)7-12(8-22-17)28-16-14(20)5-11(24(26)27)6-15(16)21/h5-9H,1-4H3. The molecule has 2 heterocycles. The highest BCUT2D eigenvalue weighted by molar-refractivity contribution is 6.37. The fourth-order valence-electron chi connectivity index (χ4n) is 2.62. The molecule has 8 nitrogen and oxygen atoms in total. The summed E-state index contributed by atoms with van der Waals surface area (Å²) in [6, 6.07) is 3.98. The average molecular weight is 438 g/mol. The quantitative estimate of drug-likeness (QED) is 0.360. The van der Waals surface area contributed by atoms with Crippen LogP contribution in [-0.2, 0) is 4.74 Å². The van der Waals surface area contributed by atoms with Crippen LogP contribution in [0.5, 0.6) is 11.5 Å². The van der Waals surface area contributed by atoms with Gasteiger partial charge < -0.3 is 9.47 Å². The lowest BCUT2D eigenvalue weighted by molar-refractivity contribution is -0.384. The molecule has 3 rings (SSSR count). The second-order valence-electron chi connectivity index (χ2n) is 7.30. The van der Waals surface area contributed by atoms with Gasteiger partial charge in [-0.05, 0) is 39.3 Å². The summed E-state index contributed by atoms with van der Waals surface area (Å²) in [5.74, 6) is 0.379. The Morgan fingerprint density at radius 3 is 2.38 bits per heavy atom. The van der Waals surface area contributed by atoms with Crippen molar-refractivity contribution in [2.75, 3.05) is 0 Å². The van der Waals surface area contributed by atoms with Gasteiger partial charge in [-0.15, -0.1) is 0 Å². The molecule has 0 aliphatic heterocycles. The molecular weight excluding hydrogens is 421 g/mol. The molecule has 0 radical (unpaired) electrons. The molecule has 0 amide bonds. The second kappa shape index (κ2) is 7.53. The molecule has 0 unspecified atom stereocenters. The maximum atomic E-state index is 12.4. The molecule has 152 valence electrons. The van der Waals surface area contributed by atoms with E-state index in [4.69, 9.17) is 32.7 Å². The number of fused-ring (bicyclic) bond motifs is 1. The lowest BCUT2D eigenvalue weighted by atomic mass is 10.2. The van der Waals surface area contributed by atoms with Crippen LogP contribution in [0.25, 0.3) is 11.0 Å². The van der Waals surface area contributed by atoms with Crippen molar-refractivity contribution in [2.24, 2.45) is 0 Å². The number of rotatable bonds is 3. The second-order valence-corrected chi connectivity index (χ2v) is 8.12. The van der Waals surface area contributed by atoms with Crippen LogP contribution >= 0.6 is 23.2 Å². The van der Waals surface area contributed by atoms with Gasteiger partial charge in [-0.3, -0.25) is 10.1 Å². The van der Waals surface area contributed by atoms with E-state index >= 15 is 0 Å². The summed E-state index contributed by atoms with van der Waals surface area (Å²) in [7, 11) is 0. The van der Waals surface area contributed by atoms with Crippen molar-refractivity contribution >= 4 is 46.0 Å². The summed E-state index contributed by atoms with van der Waals surface area (Å²) < 4.78 is 12.4. The zero-order chi connectivity index (χ0) is 21.5. The number of hydrogen-bond acceptors (Lipinski definition) is 6. The first kappa shape index (κ1) is 20.9. The minimum Gasteiger partial charge on any atom is -0.453 e. The largest absolute Gasteiger partial charge is 0.453 e. The van der Waals surface area contributed by atoms with Crippen molar-refractivity contribution in [3.63, 3.8) is 0 Å². The predicted octanol–water partition coefficient (Wildman–Crippen LogP) is 6.14. The zero-order valence-corrected chi connectivity index (χ0v) is 17.5. The molecule has 29 heavy (non-hydrogen) atoms. The smallest absolute Gasteiger partial charge is 0.420 e. The molecule has 0 fully saturated rings. The maximum Gasteiger partial charge on any atom is 0.420 e. The minimum atomic E-state index is -0.645. The van der Waals surface area contributed by atoms with Gasteiger partial charge in [-0.1, -0.05) is 23.2 Å². The number of carbonyl (C=O) groups excluding carboxylic acids is 1. The van der Waals surface area contributed by atoms with Crippen molar-refractivity contribution in [1.82, 2.24) is 9.55 Å². The van der Waals surface area contributed by atoms with Crippen molar-refractivity contribution in [3.05, 3.63) is 56.3 Å². The van der Waals surface area contributed by atoms with Crippen LogP contribution in [0.1, 0.15) is 26.3 Å². The Balaban J connectivity index is 1.97. The van der Waals surface area contributed by atoms with E-state index in [0.29, 0.717) is 16.8 Å². The van der Waals surface area contributed by atoms with Crippen LogP contribution in [0.4, 0.5) is 10.5 Å². The number of pyridine rings is 1. The van der Waals surface area contributed by atoms with Crippen LogP contribution in [0, 0.1) is 17.0 Å². The van der Waals surface area contributed by atoms with Gasteiger partial charge in [0.15, 0.2) is 5.75 Å². The number of nitro groups is 1. The van der Waals surface area contributed by atoms with Crippen LogP contribution in [0.15, 0.2) is 30.6 Å². The molecular formula is C19H17Cl2N3O5. The van der Waals surface area contributed by atoms with Gasteiger partial charge in [0.05, 0.1) is 21.2 Å². The van der Waals surface area contributed by atoms with Crippen LogP contribution in [-0.4, -0.2) is 26.2 Å². The molecule has 2 aromatic heterocycles. The van der Waals surface area contributed by atoms with Gasteiger partial charge >= 0.3 is 6.09 Å². The number of benzene rings is 1. The highest BCUT2D eigenvalue weighted by atomic mass is 35.5. The summed E-state index contributed by atoms with van der Waals surface area (Å²) in [4.78, 5) is 27.0. The molecule has 0 atom stereocenters. The molecule has 3 aromatic rings. The lowest BCUT2D eigenvalue weighted by Gasteiger charge is -2.19. The molecule has 10 heteroatoms. The molecule has 0 N–H and O–H groups in total. The highest BCUT2D eigenvalue weighted by Crippen LogP contribution is 2.40. The molecule has 0 saturated heterocycles. The molecule has 0 spiro atoms. The molecule has 0 saturated carbocycles. The topological polar surface area (TPSA) is 96.5 Å². The van der Waals surface area contributed by atoms with Gasteiger partial charge in [-0.25, -0.2) is 14.3 Å². The third-order valence-corrected chi connectivity index (χ3v) is 4.38. The van der Waals surface area contributed by atoms with E-state index in [1.165, 1.54) is 10.8 Å². The highest BCUT2D eigenvalue weighted by Gasteiger charge is 2.22. The Morgan fingerprint density at radius 1 is 1.21 bits per heavy atom. The number of nitro benzene ring substituents is 1. The monoisotopic (exact) mass is 437 g/mol. The number of hydrogen-bond donors (Lipinski definition) is 0. The Kier molecular flexibility index (Phi) is 5.42. The summed E-state index contributed by atoms with van der Waals surface area (Å²) in [6.07, 6.45) is 2.48. The SMILES string of the molecule is Cc1cn(C(=O)OC(C)(C)C)c2ncc(Oc3c(Cl)cc([N+](=O)[O-])cc3Cl)cc12. The first-order chi connectivity index (χ1) is 13.5. The van der Waals surface area contributed by atoms with E-state index in [9.17, 15) is 14.9 Å².